The van der Waals surface area contributed by atoms with Gasteiger partial charge in [-0.05, 0) is 50.1 Å². The molecule has 4 aromatic rings. The van der Waals surface area contributed by atoms with Gasteiger partial charge in [-0.1, -0.05) is 36.4 Å². The van der Waals surface area contributed by atoms with E-state index in [1.165, 1.54) is 0 Å². The van der Waals surface area contributed by atoms with E-state index in [2.05, 4.69) is 19.7 Å². The molecule has 0 atom stereocenters. The van der Waals surface area contributed by atoms with Crippen molar-refractivity contribution >= 4 is 16.9 Å². The molecule has 7 heteroatoms. The van der Waals surface area contributed by atoms with Gasteiger partial charge in [-0.25, -0.2) is 14.8 Å². The second-order valence-corrected chi connectivity index (χ2v) is 7.21. The maximum atomic E-state index is 11.5. The average molecular weight is 432 g/mol. The summed E-state index contributed by atoms with van der Waals surface area (Å²) < 4.78 is 11.7. The summed E-state index contributed by atoms with van der Waals surface area (Å²) in [5.41, 5.74) is 3.31. The number of fused-ring (bicyclic) bond motifs is 1. The Balaban J connectivity index is 1.36. The van der Waals surface area contributed by atoms with Gasteiger partial charge in [-0.3, -0.25) is 4.89 Å². The number of hydrogen-bond acceptors (Lipinski definition) is 7. The lowest BCUT2D eigenvalue weighted by atomic mass is 10.1. The lowest BCUT2D eigenvalue weighted by Gasteiger charge is -2.06. The van der Waals surface area contributed by atoms with Crippen LogP contribution in [0.4, 0.5) is 0 Å². The third-order valence-electron chi connectivity index (χ3n) is 4.90. The summed E-state index contributed by atoms with van der Waals surface area (Å²) in [5, 5.41) is 1.07. The highest BCUT2D eigenvalue weighted by atomic mass is 17.2. The van der Waals surface area contributed by atoms with E-state index in [-0.39, 0.29) is 19.0 Å². The zero-order valence-electron chi connectivity index (χ0n) is 18.0. The van der Waals surface area contributed by atoms with Crippen LogP contribution in [0.1, 0.15) is 30.4 Å². The van der Waals surface area contributed by atoms with Gasteiger partial charge in [-0.2, -0.15) is 4.89 Å². The molecule has 0 bridgehead atoms. The molecule has 0 saturated carbocycles. The number of aryl methyl sites for hydroxylation is 2. The number of rotatable bonds is 9. The molecule has 0 aliphatic carbocycles. The Morgan fingerprint density at radius 3 is 2.62 bits per heavy atom. The summed E-state index contributed by atoms with van der Waals surface area (Å²) in [4.78, 5) is 30.0. The van der Waals surface area contributed by atoms with E-state index in [4.69, 9.17) is 9.15 Å². The van der Waals surface area contributed by atoms with Crippen LogP contribution >= 0.6 is 0 Å². The van der Waals surface area contributed by atoms with Gasteiger partial charge >= 0.3 is 5.97 Å². The van der Waals surface area contributed by atoms with Crippen molar-refractivity contribution in [3.05, 3.63) is 77.7 Å². The van der Waals surface area contributed by atoms with Crippen molar-refractivity contribution in [1.29, 1.82) is 0 Å². The molecule has 0 amide bonds. The van der Waals surface area contributed by atoms with Crippen LogP contribution in [0.3, 0.4) is 0 Å². The van der Waals surface area contributed by atoms with Gasteiger partial charge in [0, 0.05) is 5.39 Å². The third-order valence-corrected chi connectivity index (χ3v) is 4.90. The molecule has 0 saturated heterocycles. The molecule has 164 valence electrons. The van der Waals surface area contributed by atoms with Gasteiger partial charge in [0.1, 0.15) is 29.5 Å². The number of benzene rings is 2. The van der Waals surface area contributed by atoms with E-state index in [0.29, 0.717) is 36.1 Å². The first-order valence-electron chi connectivity index (χ1n) is 10.5. The van der Waals surface area contributed by atoms with Crippen molar-refractivity contribution in [1.82, 2.24) is 9.97 Å². The SMILES string of the molecule is CCOOC(=O)CCc1ccc(OCc2nc(-c3ccc4ccccc4n3)oc2C)cc1. The lowest BCUT2D eigenvalue weighted by Crippen LogP contribution is -2.06. The normalized spacial score (nSPS) is 10.9. The maximum Gasteiger partial charge on any atom is 0.342 e. The number of carbonyl (C=O) groups excluding carboxylic acids is 1. The summed E-state index contributed by atoms with van der Waals surface area (Å²) in [6.07, 6.45) is 0.820. The first-order valence-corrected chi connectivity index (χ1v) is 10.5. The Kier molecular flexibility index (Phi) is 6.77. The molecule has 0 unspecified atom stereocenters. The van der Waals surface area contributed by atoms with Gasteiger partial charge in [-0.15, -0.1) is 0 Å². The number of para-hydroxylation sites is 1. The van der Waals surface area contributed by atoms with Crippen LogP contribution < -0.4 is 4.74 Å². The smallest absolute Gasteiger partial charge is 0.342 e. The highest BCUT2D eigenvalue weighted by Crippen LogP contribution is 2.24. The van der Waals surface area contributed by atoms with Crippen molar-refractivity contribution in [2.75, 3.05) is 6.61 Å². The first-order chi connectivity index (χ1) is 15.6. The van der Waals surface area contributed by atoms with Crippen LogP contribution in [-0.2, 0) is 27.6 Å². The standard InChI is InChI=1S/C25H24N2O5/c1-3-30-32-24(28)15-10-18-8-12-20(13-9-18)29-16-23-17(2)31-25(27-23)22-14-11-19-6-4-5-7-21(19)26-22/h4-9,11-14H,3,10,15-16H2,1-2H3. The molecule has 0 aliphatic heterocycles. The fourth-order valence-electron chi connectivity index (χ4n) is 3.17. The number of ether oxygens (including phenoxy) is 1. The molecular formula is C25H24N2O5. The minimum absolute atomic E-state index is 0.254. The molecule has 0 fully saturated rings. The number of carbonyl (C=O) groups is 1. The fourth-order valence-corrected chi connectivity index (χ4v) is 3.17. The predicted octanol–water partition coefficient (Wildman–Crippen LogP) is 5.20. The van der Waals surface area contributed by atoms with Crippen molar-refractivity contribution in [2.24, 2.45) is 0 Å². The topological polar surface area (TPSA) is 83.7 Å². The second kappa shape index (κ2) is 10.1. The monoisotopic (exact) mass is 432 g/mol. The molecule has 4 rings (SSSR count). The Morgan fingerprint density at radius 2 is 1.81 bits per heavy atom. The molecule has 2 aromatic heterocycles. The van der Waals surface area contributed by atoms with Gasteiger partial charge in [0.15, 0.2) is 0 Å². The van der Waals surface area contributed by atoms with E-state index < -0.39 is 0 Å². The van der Waals surface area contributed by atoms with E-state index in [9.17, 15) is 4.79 Å². The van der Waals surface area contributed by atoms with Crippen LogP contribution in [-0.4, -0.2) is 22.5 Å². The van der Waals surface area contributed by atoms with Crippen molar-refractivity contribution in [3.63, 3.8) is 0 Å². The van der Waals surface area contributed by atoms with E-state index >= 15 is 0 Å². The molecule has 0 spiro atoms. The zero-order valence-corrected chi connectivity index (χ0v) is 18.0. The second-order valence-electron chi connectivity index (χ2n) is 7.21. The predicted molar refractivity (Wildman–Crippen MR) is 119 cm³/mol. The third kappa shape index (κ3) is 5.31. The minimum Gasteiger partial charge on any atom is -0.487 e. The molecule has 7 nitrogen and oxygen atoms in total. The quantitative estimate of drug-likeness (QED) is 0.265. The summed E-state index contributed by atoms with van der Waals surface area (Å²) >= 11 is 0. The Hall–Kier alpha value is -3.71. The molecule has 2 aromatic carbocycles. The van der Waals surface area contributed by atoms with E-state index in [0.717, 1.165) is 22.2 Å². The molecular weight excluding hydrogens is 408 g/mol. The van der Waals surface area contributed by atoms with Crippen LogP contribution in [0.25, 0.3) is 22.5 Å². The summed E-state index contributed by atoms with van der Waals surface area (Å²) in [7, 11) is 0. The van der Waals surface area contributed by atoms with Crippen molar-refractivity contribution in [2.45, 2.75) is 33.3 Å². The highest BCUT2D eigenvalue weighted by Gasteiger charge is 2.14. The van der Waals surface area contributed by atoms with Gasteiger partial charge in [0.05, 0.1) is 18.5 Å². The van der Waals surface area contributed by atoms with E-state index in [1.807, 2.05) is 67.6 Å². The lowest BCUT2D eigenvalue weighted by molar-refractivity contribution is -0.269. The molecule has 0 radical (unpaired) electrons. The van der Waals surface area contributed by atoms with Gasteiger partial charge in [0.2, 0.25) is 5.89 Å². The minimum atomic E-state index is -0.384. The van der Waals surface area contributed by atoms with Crippen LogP contribution in [0.2, 0.25) is 0 Å². The number of oxazole rings is 1. The summed E-state index contributed by atoms with van der Waals surface area (Å²) in [6.45, 7) is 4.24. The molecule has 32 heavy (non-hydrogen) atoms. The van der Waals surface area contributed by atoms with E-state index in [1.54, 1.807) is 6.92 Å². The van der Waals surface area contributed by atoms with Crippen molar-refractivity contribution in [3.8, 4) is 17.3 Å². The number of nitrogens with zero attached hydrogens (tertiary/aromatic N) is 2. The Labute approximate surface area is 185 Å². The van der Waals surface area contributed by atoms with Crippen LogP contribution in [0.5, 0.6) is 5.75 Å². The first kappa shape index (κ1) is 21.5. The maximum absolute atomic E-state index is 11.5. The number of pyridine rings is 1. The van der Waals surface area contributed by atoms with Crippen molar-refractivity contribution < 1.29 is 23.7 Å². The Morgan fingerprint density at radius 1 is 1.00 bits per heavy atom. The molecule has 0 N–H and O–H groups in total. The average Bonchev–Trinajstić information content (AvgIpc) is 3.20. The summed E-state index contributed by atoms with van der Waals surface area (Å²) in [6, 6.07) is 19.4. The zero-order chi connectivity index (χ0) is 22.3. The Bertz CT molecular complexity index is 1200. The van der Waals surface area contributed by atoms with Gasteiger partial charge in [0.25, 0.3) is 0 Å². The largest absolute Gasteiger partial charge is 0.487 e. The summed E-state index contributed by atoms with van der Waals surface area (Å²) in [5.74, 6) is 1.49. The highest BCUT2D eigenvalue weighted by molar-refractivity contribution is 5.80. The molecule has 0 aliphatic rings. The van der Waals surface area contributed by atoms with Crippen LogP contribution in [0.15, 0.2) is 65.1 Å². The fraction of sp³-hybridized carbons (Fsp3) is 0.240. The number of hydrogen-bond donors (Lipinski definition) is 0. The van der Waals surface area contributed by atoms with Crippen LogP contribution in [0, 0.1) is 6.92 Å². The number of aromatic nitrogens is 2. The molecule has 2 heterocycles. The van der Waals surface area contributed by atoms with Gasteiger partial charge < -0.3 is 9.15 Å².